The third kappa shape index (κ3) is 2.09. The van der Waals surface area contributed by atoms with E-state index in [-0.39, 0.29) is 0 Å². The van der Waals surface area contributed by atoms with Gasteiger partial charge in [-0.3, -0.25) is 4.68 Å². The van der Waals surface area contributed by atoms with E-state index in [1.807, 2.05) is 0 Å². The van der Waals surface area contributed by atoms with Crippen LogP contribution in [0, 0.1) is 6.92 Å². The minimum atomic E-state index is 0.681. The van der Waals surface area contributed by atoms with Crippen molar-refractivity contribution in [2.45, 2.75) is 57.3 Å². The number of nitrogens with one attached hydrogen (secondary N) is 1. The Morgan fingerprint density at radius 2 is 1.83 bits per heavy atom. The van der Waals surface area contributed by atoms with E-state index >= 15 is 0 Å². The predicted molar refractivity (Wildman–Crippen MR) is 74.0 cm³/mol. The molecule has 2 fully saturated rings. The number of aromatic nitrogens is 2. The van der Waals surface area contributed by atoms with Crippen molar-refractivity contribution in [3.63, 3.8) is 0 Å². The Balaban J connectivity index is 1.95. The first-order valence-electron chi connectivity index (χ1n) is 7.51. The van der Waals surface area contributed by atoms with Gasteiger partial charge in [-0.05, 0) is 50.6 Å². The molecule has 3 rings (SSSR count). The second-order valence-electron chi connectivity index (χ2n) is 6.03. The van der Waals surface area contributed by atoms with Crippen LogP contribution in [0.2, 0.25) is 0 Å². The van der Waals surface area contributed by atoms with Gasteiger partial charge in [0, 0.05) is 25.2 Å². The van der Waals surface area contributed by atoms with E-state index in [2.05, 4.69) is 24.0 Å². The smallest absolute Gasteiger partial charge is 0.0631 e. The summed E-state index contributed by atoms with van der Waals surface area (Å²) in [5.41, 5.74) is 4.42. The Labute approximate surface area is 110 Å². The van der Waals surface area contributed by atoms with Crippen molar-refractivity contribution >= 4 is 0 Å². The van der Waals surface area contributed by atoms with Crippen LogP contribution >= 0.6 is 0 Å². The molecule has 1 atom stereocenters. The first kappa shape index (κ1) is 12.2. The molecule has 18 heavy (non-hydrogen) atoms. The lowest BCUT2D eigenvalue weighted by atomic mass is 9.87. The van der Waals surface area contributed by atoms with Gasteiger partial charge in [0.05, 0.1) is 5.69 Å². The molecule has 3 nitrogen and oxygen atoms in total. The molecule has 0 aromatic carbocycles. The summed E-state index contributed by atoms with van der Waals surface area (Å²) in [5, 5.41) is 8.27. The zero-order chi connectivity index (χ0) is 12.5. The van der Waals surface area contributed by atoms with Gasteiger partial charge in [0.15, 0.2) is 0 Å². The van der Waals surface area contributed by atoms with E-state index in [0.717, 1.165) is 12.5 Å². The molecule has 1 aromatic rings. The summed E-state index contributed by atoms with van der Waals surface area (Å²) in [4.78, 5) is 0. The first-order chi connectivity index (χ1) is 8.77. The summed E-state index contributed by atoms with van der Waals surface area (Å²) in [6.07, 6.45) is 8.19. The van der Waals surface area contributed by atoms with Gasteiger partial charge in [0.2, 0.25) is 0 Å². The Morgan fingerprint density at radius 1 is 1.11 bits per heavy atom. The van der Waals surface area contributed by atoms with Crippen LogP contribution in [-0.4, -0.2) is 22.9 Å². The van der Waals surface area contributed by atoms with Gasteiger partial charge in [-0.1, -0.05) is 12.8 Å². The van der Waals surface area contributed by atoms with Crippen molar-refractivity contribution in [1.29, 1.82) is 0 Å². The Bertz CT molecular complexity index is 410. The minimum Gasteiger partial charge on any atom is -0.316 e. The number of nitrogens with zero attached hydrogens (tertiary/aromatic N) is 2. The molecule has 1 aromatic heterocycles. The Morgan fingerprint density at radius 3 is 2.50 bits per heavy atom. The maximum atomic E-state index is 4.72. The lowest BCUT2D eigenvalue weighted by molar-refractivity contribution is 0.437. The van der Waals surface area contributed by atoms with Crippen molar-refractivity contribution in [2.75, 3.05) is 13.1 Å². The molecule has 1 unspecified atom stereocenters. The molecule has 2 heterocycles. The third-order valence-corrected chi connectivity index (χ3v) is 4.76. The van der Waals surface area contributed by atoms with Gasteiger partial charge < -0.3 is 5.32 Å². The molecule has 1 saturated heterocycles. The second-order valence-corrected chi connectivity index (χ2v) is 6.03. The molecule has 3 heteroatoms. The molecule has 0 amide bonds. The fourth-order valence-corrected chi connectivity index (χ4v) is 3.98. The standard InChI is InChI=1S/C15H25N3/c1-11-14(12-6-3-4-7-12)15(18(2)17-11)13-8-5-9-16-10-13/h12-13,16H,3-10H2,1-2H3. The number of hydrogen-bond acceptors (Lipinski definition) is 2. The molecule has 1 aliphatic heterocycles. The highest BCUT2D eigenvalue weighted by Gasteiger charge is 2.29. The molecule has 0 spiro atoms. The Hall–Kier alpha value is -0.830. The van der Waals surface area contributed by atoms with Crippen molar-refractivity contribution in [3.8, 4) is 0 Å². The summed E-state index contributed by atoms with van der Waals surface area (Å²) < 4.78 is 2.17. The summed E-state index contributed by atoms with van der Waals surface area (Å²) in [6.45, 7) is 4.53. The average Bonchev–Trinajstić information content (AvgIpc) is 2.97. The van der Waals surface area contributed by atoms with E-state index < -0.39 is 0 Å². The van der Waals surface area contributed by atoms with E-state index in [1.165, 1.54) is 56.5 Å². The Kier molecular flexibility index (Phi) is 3.42. The first-order valence-corrected chi connectivity index (χ1v) is 7.51. The van der Waals surface area contributed by atoms with Gasteiger partial charge in [0.1, 0.15) is 0 Å². The van der Waals surface area contributed by atoms with Gasteiger partial charge >= 0.3 is 0 Å². The van der Waals surface area contributed by atoms with Crippen LogP contribution in [0.5, 0.6) is 0 Å². The minimum absolute atomic E-state index is 0.681. The van der Waals surface area contributed by atoms with E-state index in [4.69, 9.17) is 5.10 Å². The van der Waals surface area contributed by atoms with Crippen molar-refractivity contribution in [1.82, 2.24) is 15.1 Å². The van der Waals surface area contributed by atoms with E-state index in [1.54, 1.807) is 5.56 Å². The summed E-state index contributed by atoms with van der Waals surface area (Å²) in [5.74, 6) is 1.47. The van der Waals surface area contributed by atoms with Crippen LogP contribution in [0.15, 0.2) is 0 Å². The van der Waals surface area contributed by atoms with E-state index in [9.17, 15) is 0 Å². The van der Waals surface area contributed by atoms with E-state index in [0.29, 0.717) is 5.92 Å². The molecule has 2 aliphatic rings. The zero-order valence-corrected chi connectivity index (χ0v) is 11.7. The number of aryl methyl sites for hydroxylation is 2. The molecular weight excluding hydrogens is 222 g/mol. The molecule has 100 valence electrons. The van der Waals surface area contributed by atoms with Crippen LogP contribution < -0.4 is 5.32 Å². The summed E-state index contributed by atoms with van der Waals surface area (Å²) in [7, 11) is 2.13. The van der Waals surface area contributed by atoms with Crippen LogP contribution in [0.4, 0.5) is 0 Å². The van der Waals surface area contributed by atoms with Gasteiger partial charge in [-0.25, -0.2) is 0 Å². The number of rotatable bonds is 2. The molecular formula is C15H25N3. The number of hydrogen-bond donors (Lipinski definition) is 1. The van der Waals surface area contributed by atoms with Crippen LogP contribution in [0.3, 0.4) is 0 Å². The maximum Gasteiger partial charge on any atom is 0.0631 e. The van der Waals surface area contributed by atoms with Crippen molar-refractivity contribution in [2.24, 2.45) is 7.05 Å². The molecule has 1 aliphatic carbocycles. The lowest BCUT2D eigenvalue weighted by Crippen LogP contribution is -2.30. The monoisotopic (exact) mass is 247 g/mol. The topological polar surface area (TPSA) is 29.9 Å². The molecule has 0 bridgehead atoms. The normalized spacial score (nSPS) is 25.8. The average molecular weight is 247 g/mol. The van der Waals surface area contributed by atoms with Crippen LogP contribution in [0.1, 0.15) is 67.3 Å². The summed E-state index contributed by atoms with van der Waals surface area (Å²) in [6, 6.07) is 0. The van der Waals surface area contributed by atoms with Crippen LogP contribution in [-0.2, 0) is 7.05 Å². The molecule has 0 radical (unpaired) electrons. The van der Waals surface area contributed by atoms with Crippen molar-refractivity contribution < 1.29 is 0 Å². The maximum absolute atomic E-state index is 4.72. The highest BCUT2D eigenvalue weighted by molar-refractivity contribution is 5.33. The zero-order valence-electron chi connectivity index (χ0n) is 11.7. The largest absolute Gasteiger partial charge is 0.316 e. The third-order valence-electron chi connectivity index (χ3n) is 4.76. The fourth-order valence-electron chi connectivity index (χ4n) is 3.98. The number of piperidine rings is 1. The highest BCUT2D eigenvalue weighted by Crippen LogP contribution is 2.40. The van der Waals surface area contributed by atoms with Gasteiger partial charge in [-0.15, -0.1) is 0 Å². The van der Waals surface area contributed by atoms with Crippen LogP contribution in [0.25, 0.3) is 0 Å². The van der Waals surface area contributed by atoms with Gasteiger partial charge in [0.25, 0.3) is 0 Å². The summed E-state index contributed by atoms with van der Waals surface area (Å²) >= 11 is 0. The van der Waals surface area contributed by atoms with Crippen molar-refractivity contribution in [3.05, 3.63) is 17.0 Å². The quantitative estimate of drug-likeness (QED) is 0.871. The SMILES string of the molecule is Cc1nn(C)c(C2CCCNC2)c1C1CCCC1. The van der Waals surface area contributed by atoms with Gasteiger partial charge in [-0.2, -0.15) is 5.10 Å². The predicted octanol–water partition coefficient (Wildman–Crippen LogP) is 2.85. The lowest BCUT2D eigenvalue weighted by Gasteiger charge is -2.25. The molecule has 1 N–H and O–H groups in total. The molecule has 1 saturated carbocycles. The fraction of sp³-hybridized carbons (Fsp3) is 0.800. The highest BCUT2D eigenvalue weighted by atomic mass is 15.3. The second kappa shape index (κ2) is 5.04.